The Labute approximate surface area is 167 Å². The number of aromatic amines is 1. The molecule has 0 aliphatic heterocycles. The summed E-state index contributed by atoms with van der Waals surface area (Å²) in [6.07, 6.45) is 2.16. The van der Waals surface area contributed by atoms with Crippen molar-refractivity contribution in [2.45, 2.75) is 19.6 Å². The first-order valence-corrected chi connectivity index (χ1v) is 9.30. The van der Waals surface area contributed by atoms with Crippen LogP contribution in [0.25, 0.3) is 0 Å². The van der Waals surface area contributed by atoms with Gasteiger partial charge >= 0.3 is 6.61 Å². The topological polar surface area (TPSA) is 84.8 Å². The van der Waals surface area contributed by atoms with Crippen molar-refractivity contribution in [1.82, 2.24) is 19.7 Å². The number of benzene rings is 1. The van der Waals surface area contributed by atoms with Crippen LogP contribution in [0.1, 0.15) is 21.9 Å². The number of H-pyrrole nitrogens is 1. The van der Waals surface area contributed by atoms with Crippen molar-refractivity contribution in [2.75, 3.05) is 5.32 Å². The monoisotopic (exact) mass is 423 g/mol. The van der Waals surface area contributed by atoms with Crippen LogP contribution in [-0.4, -0.2) is 32.3 Å². The van der Waals surface area contributed by atoms with E-state index in [0.717, 1.165) is 5.69 Å². The molecule has 0 unspecified atom stereocenters. The number of allylic oxidation sites excluding steroid dienone is 1. The lowest BCUT2D eigenvalue weighted by atomic mass is 10.2. The van der Waals surface area contributed by atoms with E-state index in [9.17, 15) is 13.6 Å². The smallest absolute Gasteiger partial charge is 0.387 e. The van der Waals surface area contributed by atoms with Gasteiger partial charge < -0.3 is 4.74 Å². The van der Waals surface area contributed by atoms with Gasteiger partial charge in [0.15, 0.2) is 9.90 Å². The largest absolute Gasteiger partial charge is 0.435 e. The maximum Gasteiger partial charge on any atom is 0.387 e. The maximum absolute atomic E-state index is 12.3. The molecule has 0 aliphatic rings. The molecule has 3 aromatic rings. The second kappa shape index (κ2) is 8.85. The van der Waals surface area contributed by atoms with Crippen LogP contribution in [0.4, 0.5) is 13.9 Å². The molecule has 2 heterocycles. The van der Waals surface area contributed by atoms with Crippen LogP contribution in [0.15, 0.2) is 42.3 Å². The molecule has 0 spiro atoms. The van der Waals surface area contributed by atoms with Gasteiger partial charge in [-0.2, -0.15) is 13.9 Å². The minimum absolute atomic E-state index is 0.0176. The first-order valence-electron chi connectivity index (χ1n) is 8.02. The van der Waals surface area contributed by atoms with Crippen molar-refractivity contribution in [2.24, 2.45) is 0 Å². The number of hydrogen-bond acceptors (Lipinski definition) is 6. The maximum atomic E-state index is 12.3. The number of alkyl halides is 2. The molecule has 0 radical (unpaired) electrons. The fourth-order valence-electron chi connectivity index (χ4n) is 2.37. The minimum atomic E-state index is -2.91. The summed E-state index contributed by atoms with van der Waals surface area (Å²) in [5.74, 6) is 0.289. The van der Waals surface area contributed by atoms with Crippen molar-refractivity contribution >= 4 is 34.6 Å². The number of anilines is 1. The number of carbonyl (C=O) groups is 1. The Hall–Kier alpha value is -2.92. The summed E-state index contributed by atoms with van der Waals surface area (Å²) in [6.45, 7) is 1.31. The van der Waals surface area contributed by atoms with Crippen LogP contribution in [-0.2, 0) is 13.0 Å². The van der Waals surface area contributed by atoms with Crippen molar-refractivity contribution in [3.05, 3.63) is 64.2 Å². The molecular formula is C17H15F2N5O2S2. The summed E-state index contributed by atoms with van der Waals surface area (Å²) in [4.78, 5) is 16.7. The van der Waals surface area contributed by atoms with Crippen molar-refractivity contribution in [3.63, 3.8) is 0 Å². The lowest BCUT2D eigenvalue weighted by molar-refractivity contribution is -0.0498. The zero-order chi connectivity index (χ0) is 20.1. The first kappa shape index (κ1) is 19.8. The lowest BCUT2D eigenvalue weighted by Crippen LogP contribution is -2.12. The van der Waals surface area contributed by atoms with E-state index in [0.29, 0.717) is 34.3 Å². The van der Waals surface area contributed by atoms with Crippen LogP contribution >= 0.6 is 23.6 Å². The van der Waals surface area contributed by atoms with E-state index in [1.54, 1.807) is 6.08 Å². The van der Waals surface area contributed by atoms with Crippen molar-refractivity contribution < 1.29 is 18.3 Å². The molecule has 146 valence electrons. The van der Waals surface area contributed by atoms with E-state index in [2.05, 4.69) is 31.8 Å². The lowest BCUT2D eigenvalue weighted by Gasteiger charge is -2.05. The number of nitrogens with zero attached hydrogens (tertiary/aromatic N) is 3. The van der Waals surface area contributed by atoms with Crippen LogP contribution in [0.3, 0.4) is 0 Å². The summed E-state index contributed by atoms with van der Waals surface area (Å²) in [5.41, 5.74) is 1.02. The summed E-state index contributed by atoms with van der Waals surface area (Å²) in [5, 5.41) is 11.8. The Kier molecular flexibility index (Phi) is 6.26. The summed E-state index contributed by atoms with van der Waals surface area (Å²) in [6, 6.07) is 5.40. The predicted octanol–water partition coefficient (Wildman–Crippen LogP) is 4.03. The Morgan fingerprint density at radius 2 is 2.18 bits per heavy atom. The predicted molar refractivity (Wildman–Crippen MR) is 104 cm³/mol. The van der Waals surface area contributed by atoms with Gasteiger partial charge in [0.25, 0.3) is 5.91 Å². The van der Waals surface area contributed by atoms with E-state index in [4.69, 9.17) is 12.2 Å². The standard InChI is InChI=1S/C17H15F2N5O2S2/c1-2-7-24-13(22-23-17(24)27)8-11-9-28-16(20-11)21-14(25)10-3-5-12(6-4-10)26-15(18)19/h2-6,9,15H,1,7-8H2,(H,23,27)(H,20,21,25). The Morgan fingerprint density at radius 3 is 2.86 bits per heavy atom. The molecule has 0 atom stereocenters. The number of ether oxygens (including phenoxy) is 1. The van der Waals surface area contributed by atoms with Gasteiger partial charge in [0.05, 0.1) is 12.1 Å². The van der Waals surface area contributed by atoms with Gasteiger partial charge in [-0.1, -0.05) is 6.08 Å². The SMILES string of the molecule is C=CCn1c(Cc2csc(NC(=O)c3ccc(OC(F)F)cc3)n2)n[nH]c1=S. The third-order valence-corrected chi connectivity index (χ3v) is 4.72. The van der Waals surface area contributed by atoms with Gasteiger partial charge in [0, 0.05) is 17.5 Å². The highest BCUT2D eigenvalue weighted by Gasteiger charge is 2.13. The van der Waals surface area contributed by atoms with Gasteiger partial charge in [-0.15, -0.1) is 17.9 Å². The second-order valence-corrected chi connectivity index (χ2v) is 6.77. The summed E-state index contributed by atoms with van der Waals surface area (Å²) >= 11 is 6.44. The molecule has 2 N–H and O–H groups in total. The van der Waals surface area contributed by atoms with Crippen LogP contribution < -0.4 is 10.1 Å². The zero-order valence-corrected chi connectivity index (χ0v) is 16.0. The van der Waals surface area contributed by atoms with Crippen LogP contribution in [0, 0.1) is 4.77 Å². The molecule has 28 heavy (non-hydrogen) atoms. The van der Waals surface area contributed by atoms with Gasteiger partial charge in [0.2, 0.25) is 0 Å². The van der Waals surface area contributed by atoms with E-state index in [1.165, 1.54) is 35.6 Å². The Bertz CT molecular complexity index is 1030. The number of aromatic nitrogens is 4. The number of thiazole rings is 1. The van der Waals surface area contributed by atoms with Crippen LogP contribution in [0.5, 0.6) is 5.75 Å². The Balaban J connectivity index is 1.65. The fourth-order valence-corrected chi connectivity index (χ4v) is 3.30. The van der Waals surface area contributed by atoms with E-state index in [1.807, 2.05) is 9.95 Å². The van der Waals surface area contributed by atoms with Gasteiger partial charge in [0.1, 0.15) is 11.6 Å². The number of nitrogens with one attached hydrogen (secondary N) is 2. The van der Waals surface area contributed by atoms with Crippen LogP contribution in [0.2, 0.25) is 0 Å². The molecular weight excluding hydrogens is 408 g/mol. The molecule has 0 saturated carbocycles. The number of carbonyl (C=O) groups excluding carboxylic acids is 1. The van der Waals surface area contributed by atoms with Crippen molar-refractivity contribution in [1.29, 1.82) is 0 Å². The van der Waals surface area contributed by atoms with Crippen molar-refractivity contribution in [3.8, 4) is 5.75 Å². The minimum Gasteiger partial charge on any atom is -0.435 e. The third-order valence-electron chi connectivity index (χ3n) is 3.60. The third kappa shape index (κ3) is 4.87. The average molecular weight is 423 g/mol. The normalized spacial score (nSPS) is 10.8. The summed E-state index contributed by atoms with van der Waals surface area (Å²) < 4.78 is 30.9. The number of hydrogen-bond donors (Lipinski definition) is 2. The molecule has 0 bridgehead atoms. The fraction of sp³-hybridized carbons (Fsp3) is 0.176. The highest BCUT2D eigenvalue weighted by Crippen LogP contribution is 2.20. The highest BCUT2D eigenvalue weighted by molar-refractivity contribution is 7.71. The van der Waals surface area contributed by atoms with Gasteiger partial charge in [-0.05, 0) is 36.5 Å². The number of rotatable bonds is 8. The molecule has 1 amide bonds. The second-order valence-electron chi connectivity index (χ2n) is 5.52. The molecule has 2 aromatic heterocycles. The zero-order valence-electron chi connectivity index (χ0n) is 14.4. The molecule has 1 aromatic carbocycles. The average Bonchev–Trinajstić information content (AvgIpc) is 3.23. The van der Waals surface area contributed by atoms with E-state index >= 15 is 0 Å². The van der Waals surface area contributed by atoms with E-state index in [-0.39, 0.29) is 5.75 Å². The molecule has 11 heteroatoms. The van der Waals surface area contributed by atoms with E-state index < -0.39 is 12.5 Å². The molecule has 7 nitrogen and oxygen atoms in total. The number of halogens is 2. The molecule has 3 rings (SSSR count). The molecule has 0 aliphatic carbocycles. The molecule has 0 fully saturated rings. The molecule has 0 saturated heterocycles. The quantitative estimate of drug-likeness (QED) is 0.422. The van der Waals surface area contributed by atoms with Gasteiger partial charge in [-0.25, -0.2) is 4.98 Å². The number of amides is 1. The highest BCUT2D eigenvalue weighted by atomic mass is 32.1. The Morgan fingerprint density at radius 1 is 1.43 bits per heavy atom. The van der Waals surface area contributed by atoms with Gasteiger partial charge in [-0.3, -0.25) is 19.8 Å². The first-order chi connectivity index (χ1) is 13.5. The summed E-state index contributed by atoms with van der Waals surface area (Å²) in [7, 11) is 0.